The average molecular weight is 253 g/mol. The second kappa shape index (κ2) is 8.19. The molecular formula is C17H35N. The molecule has 1 aliphatic carbocycles. The van der Waals surface area contributed by atoms with Gasteiger partial charge < -0.3 is 5.73 Å². The van der Waals surface area contributed by atoms with Crippen molar-refractivity contribution in [1.82, 2.24) is 0 Å². The molecule has 1 fully saturated rings. The van der Waals surface area contributed by atoms with Crippen LogP contribution in [0.25, 0.3) is 0 Å². The molecule has 1 rings (SSSR count). The van der Waals surface area contributed by atoms with E-state index in [9.17, 15) is 0 Å². The van der Waals surface area contributed by atoms with Crippen LogP contribution in [0.2, 0.25) is 0 Å². The highest BCUT2D eigenvalue weighted by molar-refractivity contribution is 4.94. The van der Waals surface area contributed by atoms with E-state index in [2.05, 4.69) is 20.8 Å². The maximum atomic E-state index is 6.66. The van der Waals surface area contributed by atoms with E-state index in [-0.39, 0.29) is 5.54 Å². The lowest BCUT2D eigenvalue weighted by Crippen LogP contribution is -2.50. The third-order valence-electron chi connectivity index (χ3n) is 5.31. The molecule has 1 saturated carbocycles. The third-order valence-corrected chi connectivity index (χ3v) is 5.31. The Morgan fingerprint density at radius 1 is 1.00 bits per heavy atom. The standard InChI is InChI=1S/C17H35N/c1-4-5-6-7-8-9-10-13-17(18)14-11-12-15(2)16(17)3/h15-16H,4-14,18H2,1-3H3. The van der Waals surface area contributed by atoms with Crippen LogP contribution in [0.5, 0.6) is 0 Å². The van der Waals surface area contributed by atoms with Crippen LogP contribution >= 0.6 is 0 Å². The first kappa shape index (κ1) is 16.0. The quantitative estimate of drug-likeness (QED) is 0.585. The van der Waals surface area contributed by atoms with Gasteiger partial charge in [0.2, 0.25) is 0 Å². The van der Waals surface area contributed by atoms with Crippen LogP contribution in [0.1, 0.15) is 91.4 Å². The number of nitrogens with two attached hydrogens (primary N) is 1. The summed E-state index contributed by atoms with van der Waals surface area (Å²) in [7, 11) is 0. The molecule has 3 unspecified atom stereocenters. The lowest BCUT2D eigenvalue weighted by atomic mass is 9.67. The molecule has 3 atom stereocenters. The number of rotatable bonds is 8. The summed E-state index contributed by atoms with van der Waals surface area (Å²) in [5, 5.41) is 0. The summed E-state index contributed by atoms with van der Waals surface area (Å²) >= 11 is 0. The van der Waals surface area contributed by atoms with Gasteiger partial charge >= 0.3 is 0 Å². The molecule has 18 heavy (non-hydrogen) atoms. The largest absolute Gasteiger partial charge is 0.325 e. The van der Waals surface area contributed by atoms with Gasteiger partial charge in [-0.15, -0.1) is 0 Å². The smallest absolute Gasteiger partial charge is 0.0182 e. The van der Waals surface area contributed by atoms with E-state index in [0.29, 0.717) is 5.92 Å². The van der Waals surface area contributed by atoms with Crippen LogP contribution in [0.15, 0.2) is 0 Å². The Hall–Kier alpha value is -0.0400. The molecule has 0 aromatic rings. The van der Waals surface area contributed by atoms with Gasteiger partial charge in [0.05, 0.1) is 0 Å². The van der Waals surface area contributed by atoms with Gasteiger partial charge in [-0.05, 0) is 24.7 Å². The van der Waals surface area contributed by atoms with Crippen molar-refractivity contribution in [3.63, 3.8) is 0 Å². The maximum absolute atomic E-state index is 6.66. The minimum absolute atomic E-state index is 0.154. The van der Waals surface area contributed by atoms with Gasteiger partial charge in [-0.1, -0.05) is 78.6 Å². The van der Waals surface area contributed by atoms with Gasteiger partial charge in [0.15, 0.2) is 0 Å². The van der Waals surface area contributed by atoms with Crippen LogP contribution in [0.4, 0.5) is 0 Å². The summed E-state index contributed by atoms with van der Waals surface area (Å²) in [5.74, 6) is 1.54. The Bertz CT molecular complexity index is 214. The van der Waals surface area contributed by atoms with Crippen LogP contribution in [0.3, 0.4) is 0 Å². The SMILES string of the molecule is CCCCCCCCCC1(N)CCCC(C)C1C. The van der Waals surface area contributed by atoms with E-state index in [1.54, 1.807) is 0 Å². The van der Waals surface area contributed by atoms with Gasteiger partial charge in [-0.2, -0.15) is 0 Å². The summed E-state index contributed by atoms with van der Waals surface area (Å²) in [4.78, 5) is 0. The normalized spacial score (nSPS) is 32.7. The van der Waals surface area contributed by atoms with Crippen LogP contribution < -0.4 is 5.73 Å². The predicted octanol–water partition coefficient (Wildman–Crippen LogP) is 5.28. The molecular weight excluding hydrogens is 218 g/mol. The molecule has 1 aliphatic rings. The van der Waals surface area contributed by atoms with Crippen molar-refractivity contribution in [3.8, 4) is 0 Å². The van der Waals surface area contributed by atoms with Crippen molar-refractivity contribution in [2.75, 3.05) is 0 Å². The van der Waals surface area contributed by atoms with Crippen LogP contribution in [0, 0.1) is 11.8 Å². The number of hydrogen-bond donors (Lipinski definition) is 1. The number of hydrogen-bond acceptors (Lipinski definition) is 1. The third kappa shape index (κ3) is 4.91. The fourth-order valence-electron chi connectivity index (χ4n) is 3.56. The van der Waals surface area contributed by atoms with Crippen molar-refractivity contribution in [3.05, 3.63) is 0 Å². The molecule has 2 N–H and O–H groups in total. The highest BCUT2D eigenvalue weighted by Gasteiger charge is 2.37. The fourth-order valence-corrected chi connectivity index (χ4v) is 3.56. The second-order valence-corrected chi connectivity index (χ2v) is 6.76. The van der Waals surface area contributed by atoms with Crippen molar-refractivity contribution in [2.24, 2.45) is 17.6 Å². The molecule has 0 spiro atoms. The molecule has 0 bridgehead atoms. The molecule has 0 amide bonds. The van der Waals surface area contributed by atoms with Crippen molar-refractivity contribution in [2.45, 2.75) is 96.9 Å². The summed E-state index contributed by atoms with van der Waals surface area (Å²) in [6, 6.07) is 0. The highest BCUT2D eigenvalue weighted by Crippen LogP contribution is 2.38. The van der Waals surface area contributed by atoms with E-state index < -0.39 is 0 Å². The summed E-state index contributed by atoms with van der Waals surface area (Å²) in [5.41, 5.74) is 6.81. The summed E-state index contributed by atoms with van der Waals surface area (Å²) < 4.78 is 0. The van der Waals surface area contributed by atoms with Gasteiger partial charge in [0.1, 0.15) is 0 Å². The lowest BCUT2D eigenvalue weighted by Gasteiger charge is -2.43. The molecule has 0 aromatic carbocycles. The Balaban J connectivity index is 2.13. The van der Waals surface area contributed by atoms with Crippen LogP contribution in [-0.2, 0) is 0 Å². The highest BCUT2D eigenvalue weighted by atomic mass is 14.8. The predicted molar refractivity (Wildman–Crippen MR) is 81.7 cm³/mol. The van der Waals surface area contributed by atoms with E-state index in [1.807, 2.05) is 0 Å². The molecule has 0 aliphatic heterocycles. The van der Waals surface area contributed by atoms with E-state index in [4.69, 9.17) is 5.73 Å². The summed E-state index contributed by atoms with van der Waals surface area (Å²) in [6.45, 7) is 7.05. The van der Waals surface area contributed by atoms with E-state index in [0.717, 1.165) is 5.92 Å². The zero-order valence-corrected chi connectivity index (χ0v) is 13.0. The fraction of sp³-hybridized carbons (Fsp3) is 1.00. The Labute approximate surface area is 115 Å². The lowest BCUT2D eigenvalue weighted by molar-refractivity contribution is 0.131. The van der Waals surface area contributed by atoms with Gasteiger partial charge in [-0.3, -0.25) is 0 Å². The van der Waals surface area contributed by atoms with E-state index in [1.165, 1.54) is 70.6 Å². The monoisotopic (exact) mass is 253 g/mol. The summed E-state index contributed by atoms with van der Waals surface area (Å²) in [6.07, 6.45) is 15.0. The van der Waals surface area contributed by atoms with Gasteiger partial charge in [-0.25, -0.2) is 0 Å². The molecule has 0 radical (unpaired) electrons. The zero-order chi connectivity index (χ0) is 13.4. The molecule has 1 nitrogen and oxygen atoms in total. The van der Waals surface area contributed by atoms with Crippen molar-refractivity contribution in [1.29, 1.82) is 0 Å². The van der Waals surface area contributed by atoms with E-state index >= 15 is 0 Å². The number of unbranched alkanes of at least 4 members (excludes halogenated alkanes) is 6. The van der Waals surface area contributed by atoms with Crippen LogP contribution in [-0.4, -0.2) is 5.54 Å². The van der Waals surface area contributed by atoms with Crippen molar-refractivity contribution < 1.29 is 0 Å². The van der Waals surface area contributed by atoms with Gasteiger partial charge in [0.25, 0.3) is 0 Å². The Morgan fingerprint density at radius 3 is 2.28 bits per heavy atom. The molecule has 108 valence electrons. The molecule has 1 heteroatoms. The first-order valence-electron chi connectivity index (χ1n) is 8.39. The van der Waals surface area contributed by atoms with Crippen molar-refractivity contribution >= 4 is 0 Å². The first-order chi connectivity index (χ1) is 8.60. The maximum Gasteiger partial charge on any atom is 0.0182 e. The molecule has 0 heterocycles. The zero-order valence-electron chi connectivity index (χ0n) is 13.0. The molecule has 0 aromatic heterocycles. The molecule has 0 saturated heterocycles. The Kier molecular flexibility index (Phi) is 7.29. The minimum atomic E-state index is 0.154. The minimum Gasteiger partial charge on any atom is -0.325 e. The van der Waals surface area contributed by atoms with Gasteiger partial charge in [0, 0.05) is 5.54 Å². The Morgan fingerprint density at radius 2 is 1.61 bits per heavy atom. The average Bonchev–Trinajstić information content (AvgIpc) is 2.35. The second-order valence-electron chi connectivity index (χ2n) is 6.76. The topological polar surface area (TPSA) is 26.0 Å². The first-order valence-corrected chi connectivity index (χ1v) is 8.39.